The predicted octanol–water partition coefficient (Wildman–Crippen LogP) is 2.46. The SMILES string of the molecule is OC1CC(c2ccccc2)c2nc(Nc3ccc(-n4ccnc4)cc3)nn2CC1O. The lowest BCUT2D eigenvalue weighted by molar-refractivity contribution is 0.00721. The van der Waals surface area contributed by atoms with E-state index in [1.54, 1.807) is 17.2 Å². The molecule has 30 heavy (non-hydrogen) atoms. The Morgan fingerprint density at radius 3 is 2.50 bits per heavy atom. The van der Waals surface area contributed by atoms with Crippen LogP contribution in [0.2, 0.25) is 0 Å². The molecular weight excluding hydrogens is 380 g/mol. The summed E-state index contributed by atoms with van der Waals surface area (Å²) < 4.78 is 3.62. The van der Waals surface area contributed by atoms with E-state index in [2.05, 4.69) is 15.4 Å². The van der Waals surface area contributed by atoms with E-state index >= 15 is 0 Å². The second-order valence-corrected chi connectivity index (χ2v) is 7.45. The Hall–Kier alpha value is -3.49. The highest BCUT2D eigenvalue weighted by Crippen LogP contribution is 2.32. The van der Waals surface area contributed by atoms with E-state index in [1.807, 2.05) is 65.4 Å². The van der Waals surface area contributed by atoms with Gasteiger partial charge in [0.1, 0.15) is 5.82 Å². The first-order chi connectivity index (χ1) is 14.7. The van der Waals surface area contributed by atoms with Gasteiger partial charge in [-0.15, -0.1) is 5.10 Å². The molecule has 8 heteroatoms. The molecule has 3 N–H and O–H groups in total. The van der Waals surface area contributed by atoms with E-state index in [9.17, 15) is 10.2 Å². The van der Waals surface area contributed by atoms with Gasteiger partial charge in [0.15, 0.2) is 0 Å². The Morgan fingerprint density at radius 2 is 1.77 bits per heavy atom. The van der Waals surface area contributed by atoms with Crippen molar-refractivity contribution in [3.63, 3.8) is 0 Å². The lowest BCUT2D eigenvalue weighted by atomic mass is 9.92. The van der Waals surface area contributed by atoms with Crippen LogP contribution in [0.1, 0.15) is 23.7 Å². The fourth-order valence-electron chi connectivity index (χ4n) is 3.83. The minimum atomic E-state index is -0.888. The number of aromatic nitrogens is 5. The van der Waals surface area contributed by atoms with Gasteiger partial charge in [0, 0.05) is 29.7 Å². The van der Waals surface area contributed by atoms with E-state index in [4.69, 9.17) is 4.98 Å². The standard InChI is InChI=1S/C22H22N6O2/c29-19-12-18(15-4-2-1-3-5-15)21-25-22(26-28(21)13-20(19)30)24-16-6-8-17(9-7-16)27-11-10-23-14-27/h1-11,14,18-20,29-30H,12-13H2,(H,24,26). The van der Waals surface area contributed by atoms with Gasteiger partial charge in [-0.25, -0.2) is 9.67 Å². The summed E-state index contributed by atoms with van der Waals surface area (Å²) >= 11 is 0. The summed E-state index contributed by atoms with van der Waals surface area (Å²) in [4.78, 5) is 8.77. The molecule has 0 spiro atoms. The first kappa shape index (κ1) is 18.5. The number of nitrogens with one attached hydrogen (secondary N) is 1. The molecule has 4 aromatic rings. The lowest BCUT2D eigenvalue weighted by Gasteiger charge is -2.18. The van der Waals surface area contributed by atoms with Crippen LogP contribution in [0.4, 0.5) is 11.6 Å². The minimum Gasteiger partial charge on any atom is -0.390 e. The summed E-state index contributed by atoms with van der Waals surface area (Å²) in [6.07, 6.45) is 4.05. The number of anilines is 2. The number of benzene rings is 2. The maximum Gasteiger partial charge on any atom is 0.246 e. The van der Waals surface area contributed by atoms with E-state index in [0.29, 0.717) is 12.4 Å². The fourth-order valence-corrected chi connectivity index (χ4v) is 3.83. The van der Waals surface area contributed by atoms with Crippen molar-refractivity contribution in [2.75, 3.05) is 5.32 Å². The summed E-state index contributed by atoms with van der Waals surface area (Å²) in [5, 5.41) is 28.5. The number of hydrogen-bond acceptors (Lipinski definition) is 6. The molecule has 0 aliphatic carbocycles. The van der Waals surface area contributed by atoms with Crippen molar-refractivity contribution in [2.24, 2.45) is 0 Å². The monoisotopic (exact) mass is 402 g/mol. The Labute approximate surface area is 173 Å². The van der Waals surface area contributed by atoms with Crippen LogP contribution in [0.15, 0.2) is 73.3 Å². The molecule has 3 heterocycles. The highest BCUT2D eigenvalue weighted by molar-refractivity contribution is 5.55. The Balaban J connectivity index is 1.43. The average Bonchev–Trinajstić information content (AvgIpc) is 3.41. The molecule has 152 valence electrons. The van der Waals surface area contributed by atoms with Gasteiger partial charge in [0.05, 0.1) is 25.1 Å². The molecule has 0 bridgehead atoms. The number of imidazole rings is 1. The molecule has 8 nitrogen and oxygen atoms in total. The molecule has 0 radical (unpaired) electrons. The highest BCUT2D eigenvalue weighted by Gasteiger charge is 2.32. The Bertz CT molecular complexity index is 1110. The van der Waals surface area contributed by atoms with Gasteiger partial charge in [-0.1, -0.05) is 30.3 Å². The van der Waals surface area contributed by atoms with E-state index in [0.717, 1.165) is 22.8 Å². The quantitative estimate of drug-likeness (QED) is 0.485. The lowest BCUT2D eigenvalue weighted by Crippen LogP contribution is -2.29. The second kappa shape index (κ2) is 7.74. The number of hydrogen-bond donors (Lipinski definition) is 3. The van der Waals surface area contributed by atoms with Gasteiger partial charge in [0.2, 0.25) is 5.95 Å². The van der Waals surface area contributed by atoms with Crippen LogP contribution in [-0.4, -0.2) is 46.7 Å². The zero-order chi connectivity index (χ0) is 20.5. The largest absolute Gasteiger partial charge is 0.390 e. The smallest absolute Gasteiger partial charge is 0.246 e. The first-order valence-corrected chi connectivity index (χ1v) is 9.88. The number of fused-ring (bicyclic) bond motifs is 1. The zero-order valence-corrected chi connectivity index (χ0v) is 16.2. The number of nitrogens with zero attached hydrogens (tertiary/aromatic N) is 5. The van der Waals surface area contributed by atoms with Gasteiger partial charge in [-0.2, -0.15) is 4.98 Å². The van der Waals surface area contributed by atoms with Crippen molar-refractivity contribution in [3.05, 3.63) is 84.7 Å². The molecule has 5 rings (SSSR count). The summed E-state index contributed by atoms with van der Waals surface area (Å²) in [7, 11) is 0. The number of aliphatic hydroxyl groups excluding tert-OH is 2. The molecule has 0 saturated carbocycles. The topological polar surface area (TPSA) is 101 Å². The van der Waals surface area contributed by atoms with Crippen LogP contribution in [0, 0.1) is 0 Å². The van der Waals surface area contributed by atoms with Crippen molar-refractivity contribution in [1.82, 2.24) is 24.3 Å². The van der Waals surface area contributed by atoms with Crippen LogP contribution >= 0.6 is 0 Å². The molecule has 2 aromatic carbocycles. The van der Waals surface area contributed by atoms with E-state index in [-0.39, 0.29) is 12.5 Å². The van der Waals surface area contributed by atoms with Crippen molar-refractivity contribution >= 4 is 11.6 Å². The Morgan fingerprint density at radius 1 is 0.967 bits per heavy atom. The molecule has 1 aliphatic heterocycles. The first-order valence-electron chi connectivity index (χ1n) is 9.88. The maximum absolute atomic E-state index is 10.3. The normalized spacial score (nSPS) is 21.1. The molecule has 0 fully saturated rings. The second-order valence-electron chi connectivity index (χ2n) is 7.45. The van der Waals surface area contributed by atoms with E-state index < -0.39 is 12.2 Å². The van der Waals surface area contributed by atoms with Crippen molar-refractivity contribution in [3.8, 4) is 5.69 Å². The number of rotatable bonds is 4. The molecule has 0 amide bonds. The molecule has 3 atom stereocenters. The van der Waals surface area contributed by atoms with Gasteiger partial charge < -0.3 is 20.1 Å². The molecule has 3 unspecified atom stereocenters. The summed E-state index contributed by atoms with van der Waals surface area (Å²) in [6.45, 7) is 0.202. The molecule has 2 aromatic heterocycles. The van der Waals surface area contributed by atoms with Crippen LogP contribution < -0.4 is 5.32 Å². The zero-order valence-electron chi connectivity index (χ0n) is 16.2. The maximum atomic E-state index is 10.3. The molecular formula is C22H22N6O2. The number of aliphatic hydroxyl groups is 2. The van der Waals surface area contributed by atoms with Crippen LogP contribution in [0.25, 0.3) is 5.69 Å². The predicted molar refractivity (Wildman–Crippen MR) is 112 cm³/mol. The van der Waals surface area contributed by atoms with Crippen LogP contribution in [0.3, 0.4) is 0 Å². The third-order valence-electron chi connectivity index (χ3n) is 5.42. The average molecular weight is 402 g/mol. The van der Waals surface area contributed by atoms with Gasteiger partial charge in [-0.05, 0) is 36.2 Å². The van der Waals surface area contributed by atoms with Crippen molar-refractivity contribution in [2.45, 2.75) is 31.1 Å². The molecule has 1 aliphatic rings. The summed E-state index contributed by atoms with van der Waals surface area (Å²) in [5.74, 6) is 1.05. The van der Waals surface area contributed by atoms with Crippen LogP contribution in [-0.2, 0) is 6.54 Å². The van der Waals surface area contributed by atoms with Crippen molar-refractivity contribution < 1.29 is 10.2 Å². The summed E-state index contributed by atoms with van der Waals surface area (Å²) in [5.41, 5.74) is 2.90. The minimum absolute atomic E-state index is 0.148. The highest BCUT2D eigenvalue weighted by atomic mass is 16.3. The third-order valence-corrected chi connectivity index (χ3v) is 5.42. The fraction of sp³-hybridized carbons (Fsp3) is 0.227. The summed E-state index contributed by atoms with van der Waals surface area (Å²) in [6, 6.07) is 17.8. The van der Waals surface area contributed by atoms with Gasteiger partial charge >= 0.3 is 0 Å². The molecule has 0 saturated heterocycles. The van der Waals surface area contributed by atoms with Crippen molar-refractivity contribution in [1.29, 1.82) is 0 Å². The van der Waals surface area contributed by atoms with Crippen LogP contribution in [0.5, 0.6) is 0 Å². The Kier molecular flexibility index (Phi) is 4.78. The van der Waals surface area contributed by atoms with E-state index in [1.165, 1.54) is 0 Å². The van der Waals surface area contributed by atoms with Gasteiger partial charge in [0.25, 0.3) is 0 Å². The van der Waals surface area contributed by atoms with Gasteiger partial charge in [-0.3, -0.25) is 0 Å². The third kappa shape index (κ3) is 3.58.